The van der Waals surface area contributed by atoms with Crippen LogP contribution in [-0.4, -0.2) is 11.0 Å². The van der Waals surface area contributed by atoms with E-state index >= 15 is 0 Å². The van der Waals surface area contributed by atoms with Gasteiger partial charge in [-0.1, -0.05) is 11.6 Å². The van der Waals surface area contributed by atoms with Crippen LogP contribution < -0.4 is 10.1 Å². The average Bonchev–Trinajstić information content (AvgIpc) is 2.50. The molecular formula is C14H8ClN3O4. The molecule has 0 bridgehead atoms. The number of nitrogens with one attached hydrogen (secondary N) is 1. The SMILES string of the molecule is N#Cc1ccc(OC(=O)Nc2ccc([N+](=O)[O-])cc2Cl)cc1. The maximum absolute atomic E-state index is 11.7. The zero-order chi connectivity index (χ0) is 16.1. The van der Waals surface area contributed by atoms with E-state index in [0.29, 0.717) is 5.56 Å². The van der Waals surface area contributed by atoms with Gasteiger partial charge in [0.25, 0.3) is 5.69 Å². The number of anilines is 1. The van der Waals surface area contributed by atoms with Crippen LogP contribution in [0.5, 0.6) is 5.75 Å². The maximum Gasteiger partial charge on any atom is 0.417 e. The van der Waals surface area contributed by atoms with Crippen LogP contribution in [0.2, 0.25) is 5.02 Å². The molecule has 1 amide bonds. The summed E-state index contributed by atoms with van der Waals surface area (Å²) < 4.78 is 5.00. The molecule has 0 atom stereocenters. The molecule has 0 aliphatic heterocycles. The Bertz CT molecular complexity index is 769. The number of nitro groups is 1. The summed E-state index contributed by atoms with van der Waals surface area (Å²) in [6.07, 6.45) is -0.805. The predicted octanol–water partition coefficient (Wildman–Crippen LogP) is 3.73. The number of halogens is 1. The molecule has 0 spiro atoms. The minimum atomic E-state index is -0.805. The Morgan fingerprint density at radius 2 is 1.95 bits per heavy atom. The zero-order valence-corrected chi connectivity index (χ0v) is 11.7. The zero-order valence-electron chi connectivity index (χ0n) is 10.9. The van der Waals surface area contributed by atoms with Crippen molar-refractivity contribution in [2.24, 2.45) is 0 Å². The van der Waals surface area contributed by atoms with Crippen molar-refractivity contribution < 1.29 is 14.5 Å². The molecular weight excluding hydrogens is 310 g/mol. The summed E-state index contributed by atoms with van der Waals surface area (Å²) in [5.41, 5.74) is 0.438. The Morgan fingerprint density at radius 3 is 2.50 bits per heavy atom. The van der Waals surface area contributed by atoms with Crippen LogP contribution in [0.3, 0.4) is 0 Å². The van der Waals surface area contributed by atoms with Gasteiger partial charge in [0.2, 0.25) is 0 Å². The second-order valence-corrected chi connectivity index (χ2v) is 4.48. The molecule has 0 aliphatic carbocycles. The lowest BCUT2D eigenvalue weighted by molar-refractivity contribution is -0.384. The molecule has 22 heavy (non-hydrogen) atoms. The Balaban J connectivity index is 2.05. The number of benzene rings is 2. The van der Waals surface area contributed by atoms with E-state index in [0.717, 1.165) is 6.07 Å². The van der Waals surface area contributed by atoms with E-state index in [4.69, 9.17) is 21.6 Å². The fraction of sp³-hybridized carbons (Fsp3) is 0. The maximum atomic E-state index is 11.7. The quantitative estimate of drug-likeness (QED) is 0.685. The van der Waals surface area contributed by atoms with Crippen molar-refractivity contribution in [1.82, 2.24) is 0 Å². The van der Waals surface area contributed by atoms with Crippen molar-refractivity contribution in [2.75, 3.05) is 5.32 Å². The number of non-ortho nitro benzene ring substituents is 1. The normalized spacial score (nSPS) is 9.64. The van der Waals surface area contributed by atoms with E-state index < -0.39 is 11.0 Å². The van der Waals surface area contributed by atoms with E-state index in [1.54, 1.807) is 0 Å². The lowest BCUT2D eigenvalue weighted by Crippen LogP contribution is -2.17. The number of hydrogen-bond acceptors (Lipinski definition) is 5. The third-order valence-corrected chi connectivity index (χ3v) is 2.91. The van der Waals surface area contributed by atoms with E-state index in [1.807, 2.05) is 6.07 Å². The first-order valence-corrected chi connectivity index (χ1v) is 6.30. The van der Waals surface area contributed by atoms with Gasteiger partial charge in [0.05, 0.1) is 27.3 Å². The summed E-state index contributed by atoms with van der Waals surface area (Å²) in [7, 11) is 0. The number of rotatable bonds is 3. The van der Waals surface area contributed by atoms with Gasteiger partial charge in [-0.2, -0.15) is 5.26 Å². The van der Waals surface area contributed by atoms with E-state index in [-0.39, 0.29) is 22.1 Å². The highest BCUT2D eigenvalue weighted by Crippen LogP contribution is 2.26. The third kappa shape index (κ3) is 3.71. The molecule has 8 heteroatoms. The fourth-order valence-electron chi connectivity index (χ4n) is 1.56. The van der Waals surface area contributed by atoms with Crippen LogP contribution >= 0.6 is 11.6 Å². The molecule has 0 unspecified atom stereocenters. The van der Waals surface area contributed by atoms with Crippen molar-refractivity contribution >= 4 is 29.1 Å². The van der Waals surface area contributed by atoms with E-state index in [2.05, 4.69) is 5.32 Å². The summed E-state index contributed by atoms with van der Waals surface area (Å²) >= 11 is 5.85. The smallest absolute Gasteiger partial charge is 0.410 e. The predicted molar refractivity (Wildman–Crippen MR) is 78.9 cm³/mol. The molecule has 0 heterocycles. The van der Waals surface area contributed by atoms with Crippen LogP contribution in [0.4, 0.5) is 16.2 Å². The molecule has 0 fully saturated rings. The lowest BCUT2D eigenvalue weighted by atomic mass is 10.2. The molecule has 0 saturated carbocycles. The van der Waals surface area contributed by atoms with Crippen molar-refractivity contribution in [1.29, 1.82) is 5.26 Å². The summed E-state index contributed by atoms with van der Waals surface area (Å²) in [6.45, 7) is 0. The van der Waals surface area contributed by atoms with E-state index in [1.165, 1.54) is 36.4 Å². The molecule has 0 radical (unpaired) electrons. The van der Waals surface area contributed by atoms with Crippen LogP contribution in [0.1, 0.15) is 5.56 Å². The number of amides is 1. The van der Waals surface area contributed by atoms with Crippen LogP contribution in [0.15, 0.2) is 42.5 Å². The van der Waals surface area contributed by atoms with Gasteiger partial charge in [-0.15, -0.1) is 0 Å². The second-order valence-electron chi connectivity index (χ2n) is 4.07. The molecule has 1 N–H and O–H groups in total. The van der Waals surface area contributed by atoms with Crippen molar-refractivity contribution in [3.63, 3.8) is 0 Å². The first kappa shape index (κ1) is 15.3. The topological polar surface area (TPSA) is 105 Å². The number of carbonyl (C=O) groups excluding carboxylic acids is 1. The van der Waals surface area contributed by atoms with Crippen LogP contribution in [0.25, 0.3) is 0 Å². The highest BCUT2D eigenvalue weighted by molar-refractivity contribution is 6.33. The minimum Gasteiger partial charge on any atom is -0.410 e. The van der Waals surface area contributed by atoms with Crippen LogP contribution in [0, 0.1) is 21.4 Å². The number of nitrogens with zero attached hydrogens (tertiary/aromatic N) is 2. The van der Waals surface area contributed by atoms with Crippen molar-refractivity contribution in [2.45, 2.75) is 0 Å². The first-order valence-electron chi connectivity index (χ1n) is 5.92. The first-order chi connectivity index (χ1) is 10.5. The summed E-state index contributed by atoms with van der Waals surface area (Å²) in [6, 6.07) is 11.5. The molecule has 7 nitrogen and oxygen atoms in total. The molecule has 110 valence electrons. The Morgan fingerprint density at radius 1 is 1.27 bits per heavy atom. The number of nitriles is 1. The Kier molecular flexibility index (Phi) is 4.56. The molecule has 2 aromatic rings. The minimum absolute atomic E-state index is 0.0194. The Hall–Kier alpha value is -3.11. The fourth-order valence-corrected chi connectivity index (χ4v) is 1.78. The largest absolute Gasteiger partial charge is 0.417 e. The molecule has 2 aromatic carbocycles. The van der Waals surface area contributed by atoms with Crippen molar-refractivity contribution in [3.8, 4) is 11.8 Å². The number of ether oxygens (including phenoxy) is 1. The standard InChI is InChI=1S/C14H8ClN3O4/c15-12-7-10(18(20)21)3-6-13(12)17-14(19)22-11-4-1-9(8-16)2-5-11/h1-7H,(H,17,19). The van der Waals surface area contributed by atoms with Gasteiger partial charge in [0.1, 0.15) is 5.75 Å². The van der Waals surface area contributed by atoms with Gasteiger partial charge < -0.3 is 4.74 Å². The molecule has 0 aliphatic rings. The van der Waals surface area contributed by atoms with Gasteiger partial charge >= 0.3 is 6.09 Å². The van der Waals surface area contributed by atoms with Gasteiger partial charge in [-0.05, 0) is 30.3 Å². The monoisotopic (exact) mass is 317 g/mol. The van der Waals surface area contributed by atoms with E-state index in [9.17, 15) is 14.9 Å². The summed E-state index contributed by atoms with van der Waals surface area (Å²) in [5, 5.41) is 21.6. The van der Waals surface area contributed by atoms with Gasteiger partial charge in [-0.3, -0.25) is 15.4 Å². The highest BCUT2D eigenvalue weighted by Gasteiger charge is 2.12. The molecule has 0 saturated heterocycles. The Labute approximate surface area is 129 Å². The molecule has 0 aromatic heterocycles. The third-order valence-electron chi connectivity index (χ3n) is 2.59. The van der Waals surface area contributed by atoms with Crippen molar-refractivity contribution in [3.05, 3.63) is 63.2 Å². The average molecular weight is 318 g/mol. The number of hydrogen-bond donors (Lipinski definition) is 1. The lowest BCUT2D eigenvalue weighted by Gasteiger charge is -2.08. The number of nitro benzene ring substituents is 1. The van der Waals surface area contributed by atoms with Gasteiger partial charge in [-0.25, -0.2) is 4.79 Å². The van der Waals surface area contributed by atoms with Gasteiger partial charge in [0.15, 0.2) is 0 Å². The van der Waals surface area contributed by atoms with Gasteiger partial charge in [0, 0.05) is 12.1 Å². The summed E-state index contributed by atoms with van der Waals surface area (Å²) in [4.78, 5) is 21.7. The highest BCUT2D eigenvalue weighted by atomic mass is 35.5. The summed E-state index contributed by atoms with van der Waals surface area (Å²) in [5.74, 6) is 0.245. The second kappa shape index (κ2) is 6.56. The van der Waals surface area contributed by atoms with Crippen LogP contribution in [-0.2, 0) is 0 Å². The number of carbonyl (C=O) groups is 1. The molecule has 2 rings (SSSR count).